The molecule has 2 aromatic carbocycles. The Hall–Kier alpha value is -1.60. The van der Waals surface area contributed by atoms with Gasteiger partial charge in [-0.25, -0.2) is 9.78 Å². The molecule has 0 fully saturated rings. The summed E-state index contributed by atoms with van der Waals surface area (Å²) in [5.74, 6) is 0. The molecule has 0 aliphatic heterocycles. The first kappa shape index (κ1) is 18.2. The molecule has 0 saturated carbocycles. The molecule has 0 saturated heterocycles. The number of hydrogen-bond donors (Lipinski definition) is 2. The minimum Gasteiger partial charge on any atom is -0.431 e. The fraction of sp³-hybridized carbons (Fsp3) is 0.125. The lowest BCUT2D eigenvalue weighted by atomic mass is 10.3. The van der Waals surface area contributed by atoms with Crippen molar-refractivity contribution in [1.82, 2.24) is 10.3 Å². The van der Waals surface area contributed by atoms with E-state index in [0.29, 0.717) is 16.8 Å². The molecule has 25 heavy (non-hydrogen) atoms. The molecule has 130 valence electrons. The third-order valence-electron chi connectivity index (χ3n) is 3.08. The third kappa shape index (κ3) is 4.95. The first-order valence-electron chi connectivity index (χ1n) is 7.13. The van der Waals surface area contributed by atoms with Gasteiger partial charge in [0.15, 0.2) is 5.58 Å². The van der Waals surface area contributed by atoms with Crippen LogP contribution in [0, 0.1) is 0 Å². The molecule has 1 aromatic heterocycles. The van der Waals surface area contributed by atoms with Gasteiger partial charge in [-0.05, 0) is 36.0 Å². The maximum Gasteiger partial charge on any atom is 0.320 e. The average molecular weight is 417 g/mol. The molecule has 1 heterocycles. The van der Waals surface area contributed by atoms with Crippen molar-refractivity contribution >= 4 is 69.4 Å². The van der Waals surface area contributed by atoms with Crippen LogP contribution >= 0.6 is 46.6 Å². The number of anilines is 1. The summed E-state index contributed by atoms with van der Waals surface area (Å²) in [7, 11) is 0. The summed E-state index contributed by atoms with van der Waals surface area (Å²) in [5, 5.41) is 4.66. The van der Waals surface area contributed by atoms with Gasteiger partial charge in [0, 0.05) is 5.69 Å². The van der Waals surface area contributed by atoms with Gasteiger partial charge in [0.2, 0.25) is 3.79 Å². The zero-order valence-electron chi connectivity index (χ0n) is 12.6. The molecule has 0 radical (unpaired) electrons. The van der Waals surface area contributed by atoms with Crippen molar-refractivity contribution in [2.24, 2.45) is 0 Å². The number of carbonyl (C=O) groups is 1. The van der Waals surface area contributed by atoms with Crippen LogP contribution < -0.4 is 10.6 Å². The van der Waals surface area contributed by atoms with Crippen molar-refractivity contribution in [2.45, 2.75) is 14.4 Å². The van der Waals surface area contributed by atoms with Gasteiger partial charge < -0.3 is 15.1 Å². The van der Waals surface area contributed by atoms with Crippen LogP contribution in [-0.4, -0.2) is 20.2 Å². The quantitative estimate of drug-likeness (QED) is 0.338. The number of carbonyl (C=O) groups excluding carboxylic acids is 1. The van der Waals surface area contributed by atoms with Crippen LogP contribution in [0.25, 0.3) is 11.1 Å². The van der Waals surface area contributed by atoms with E-state index >= 15 is 0 Å². The number of fused-ring (bicyclic) bond motifs is 1. The number of para-hydroxylation sites is 3. The van der Waals surface area contributed by atoms with Gasteiger partial charge in [0.1, 0.15) is 10.9 Å². The summed E-state index contributed by atoms with van der Waals surface area (Å²) in [5.41, 5.74) is 1.92. The highest BCUT2D eigenvalue weighted by Crippen LogP contribution is 2.39. The normalized spacial score (nSPS) is 12.8. The van der Waals surface area contributed by atoms with Gasteiger partial charge in [0.05, 0.1) is 0 Å². The molecule has 0 unspecified atom stereocenters. The number of rotatable bonds is 4. The van der Waals surface area contributed by atoms with Crippen molar-refractivity contribution in [3.8, 4) is 0 Å². The highest BCUT2D eigenvalue weighted by Gasteiger charge is 2.36. The fourth-order valence-corrected chi connectivity index (χ4v) is 3.34. The van der Waals surface area contributed by atoms with E-state index in [9.17, 15) is 4.79 Å². The highest BCUT2D eigenvalue weighted by molar-refractivity contribution is 8.00. The van der Waals surface area contributed by atoms with Crippen molar-refractivity contribution < 1.29 is 9.21 Å². The number of benzene rings is 2. The van der Waals surface area contributed by atoms with E-state index in [1.807, 2.05) is 24.3 Å². The Morgan fingerprint density at radius 2 is 1.76 bits per heavy atom. The lowest BCUT2D eigenvalue weighted by Crippen LogP contribution is -2.43. The molecule has 5 nitrogen and oxygen atoms in total. The van der Waals surface area contributed by atoms with Crippen LogP contribution in [0.5, 0.6) is 0 Å². The first-order chi connectivity index (χ1) is 11.9. The molecular formula is C16H12Cl3N3O2S. The summed E-state index contributed by atoms with van der Waals surface area (Å²) in [4.78, 5) is 16.5. The molecule has 0 aliphatic carbocycles. The monoisotopic (exact) mass is 415 g/mol. The molecule has 3 rings (SSSR count). The number of nitrogens with one attached hydrogen (secondary N) is 2. The smallest absolute Gasteiger partial charge is 0.320 e. The minimum absolute atomic E-state index is 0.289. The van der Waals surface area contributed by atoms with Crippen molar-refractivity contribution in [3.63, 3.8) is 0 Å². The minimum atomic E-state index is -1.76. The van der Waals surface area contributed by atoms with Gasteiger partial charge in [-0.15, -0.1) is 0 Å². The molecular weight excluding hydrogens is 405 g/mol. The lowest BCUT2D eigenvalue weighted by Gasteiger charge is -2.23. The van der Waals surface area contributed by atoms with Gasteiger partial charge >= 0.3 is 6.03 Å². The second-order valence-corrected chi connectivity index (χ2v) is 8.38. The Morgan fingerprint density at radius 1 is 1.08 bits per heavy atom. The highest BCUT2D eigenvalue weighted by atomic mass is 35.6. The van der Waals surface area contributed by atoms with Crippen LogP contribution in [0.15, 0.2) is 64.2 Å². The van der Waals surface area contributed by atoms with E-state index in [0.717, 1.165) is 11.8 Å². The number of hydrogen-bond acceptors (Lipinski definition) is 4. The zero-order chi connectivity index (χ0) is 17.9. The van der Waals surface area contributed by atoms with Gasteiger partial charge in [-0.2, -0.15) is 0 Å². The maximum absolute atomic E-state index is 12.2. The number of amides is 2. The maximum atomic E-state index is 12.2. The Labute approximate surface area is 163 Å². The number of nitrogens with zero attached hydrogens (tertiary/aromatic N) is 1. The summed E-state index contributed by atoms with van der Waals surface area (Å²) in [6.07, 6.45) is 0. The predicted molar refractivity (Wildman–Crippen MR) is 103 cm³/mol. The topological polar surface area (TPSA) is 67.2 Å². The molecule has 1 atom stereocenters. The van der Waals surface area contributed by atoms with Crippen LogP contribution in [-0.2, 0) is 0 Å². The number of halogens is 3. The van der Waals surface area contributed by atoms with E-state index in [4.69, 9.17) is 39.2 Å². The van der Waals surface area contributed by atoms with E-state index in [1.54, 1.807) is 30.3 Å². The molecule has 0 bridgehead atoms. The first-order valence-corrected chi connectivity index (χ1v) is 9.15. The van der Waals surface area contributed by atoms with Crippen LogP contribution in [0.2, 0.25) is 0 Å². The number of thioether (sulfide) groups is 1. The summed E-state index contributed by atoms with van der Waals surface area (Å²) < 4.78 is 3.83. The van der Waals surface area contributed by atoms with Crippen molar-refractivity contribution in [2.75, 3.05) is 5.32 Å². The predicted octanol–water partition coefficient (Wildman–Crippen LogP) is 5.44. The van der Waals surface area contributed by atoms with E-state index in [1.165, 1.54) is 0 Å². The number of oxazole rings is 1. The SMILES string of the molecule is O=C(Nc1ccccc1)N[C@@H](Sc1nc2ccccc2o1)C(Cl)(Cl)Cl. The Kier molecular flexibility index (Phi) is 5.64. The van der Waals surface area contributed by atoms with Crippen molar-refractivity contribution in [3.05, 3.63) is 54.6 Å². The van der Waals surface area contributed by atoms with Crippen LogP contribution in [0.3, 0.4) is 0 Å². The summed E-state index contributed by atoms with van der Waals surface area (Å²) >= 11 is 19.0. The third-order valence-corrected chi connectivity index (χ3v) is 5.21. The van der Waals surface area contributed by atoms with Crippen molar-refractivity contribution in [1.29, 1.82) is 0 Å². The Morgan fingerprint density at radius 3 is 2.44 bits per heavy atom. The summed E-state index contributed by atoms with van der Waals surface area (Å²) in [6.45, 7) is 0. The average Bonchev–Trinajstić information content (AvgIpc) is 2.96. The molecule has 2 N–H and O–H groups in total. The molecule has 9 heteroatoms. The number of aromatic nitrogens is 1. The molecule has 0 aliphatic rings. The van der Waals surface area contributed by atoms with Gasteiger partial charge in [-0.1, -0.05) is 65.1 Å². The van der Waals surface area contributed by atoms with Crippen LogP contribution in [0.4, 0.5) is 10.5 Å². The second-order valence-electron chi connectivity index (χ2n) is 4.95. The van der Waals surface area contributed by atoms with Gasteiger partial charge in [-0.3, -0.25) is 0 Å². The largest absolute Gasteiger partial charge is 0.431 e. The zero-order valence-corrected chi connectivity index (χ0v) is 15.7. The van der Waals surface area contributed by atoms with Crippen LogP contribution in [0.1, 0.15) is 0 Å². The molecule has 2 amide bonds. The fourth-order valence-electron chi connectivity index (χ4n) is 1.99. The van der Waals surface area contributed by atoms with Gasteiger partial charge in [0.25, 0.3) is 5.22 Å². The number of urea groups is 1. The lowest BCUT2D eigenvalue weighted by molar-refractivity contribution is 0.251. The molecule has 3 aromatic rings. The standard InChI is InChI=1S/C16H12Cl3N3O2S/c17-16(18,19)13(22-14(23)20-10-6-2-1-3-7-10)25-15-21-11-8-4-5-9-12(11)24-15/h1-9,13H,(H2,20,22,23)/t13-/m0/s1. The summed E-state index contributed by atoms with van der Waals surface area (Å²) in [6, 6.07) is 15.7. The number of alkyl halides is 3. The second kappa shape index (κ2) is 7.74. The van der Waals surface area contributed by atoms with E-state index in [2.05, 4.69) is 15.6 Å². The van der Waals surface area contributed by atoms with E-state index in [-0.39, 0.29) is 5.22 Å². The molecule has 0 spiro atoms. The Bertz CT molecular complexity index is 835. The van der Waals surface area contributed by atoms with E-state index < -0.39 is 15.2 Å². The Balaban J connectivity index is 1.72.